The van der Waals surface area contributed by atoms with E-state index in [2.05, 4.69) is 6.92 Å². The second-order valence-corrected chi connectivity index (χ2v) is 14.0. The number of unbranched alkanes of at least 4 members (excludes halogenated alkanes) is 2. The maximum absolute atomic E-state index is 14.7. The van der Waals surface area contributed by atoms with Gasteiger partial charge in [-0.3, -0.25) is 0 Å². The van der Waals surface area contributed by atoms with Gasteiger partial charge in [0, 0.05) is 0 Å². The number of alkyl halides is 3. The zero-order chi connectivity index (χ0) is 30.1. The second kappa shape index (κ2) is 16.0. The van der Waals surface area contributed by atoms with Crippen LogP contribution in [0.15, 0.2) is 6.07 Å². The number of ether oxygens (including phenoxy) is 2. The largest absolute Gasteiger partial charge is 0.492 e. The molecule has 0 unspecified atom stereocenters. The highest BCUT2D eigenvalue weighted by molar-refractivity contribution is 5.49. The van der Waals surface area contributed by atoms with Crippen LogP contribution in [0.3, 0.4) is 0 Å². The van der Waals surface area contributed by atoms with Gasteiger partial charge in [0.1, 0.15) is 11.3 Å². The quantitative estimate of drug-likeness (QED) is 0.167. The van der Waals surface area contributed by atoms with Crippen molar-refractivity contribution in [2.24, 2.45) is 35.5 Å². The molecule has 0 aliphatic heterocycles. The van der Waals surface area contributed by atoms with Crippen LogP contribution in [-0.4, -0.2) is 13.2 Å². The van der Waals surface area contributed by atoms with E-state index < -0.39 is 17.6 Å². The minimum absolute atomic E-state index is 0.0961. The van der Waals surface area contributed by atoms with Crippen molar-refractivity contribution in [1.29, 1.82) is 0 Å². The third-order valence-corrected chi connectivity index (χ3v) is 11.0. The van der Waals surface area contributed by atoms with Crippen LogP contribution in [0.25, 0.3) is 0 Å². The maximum atomic E-state index is 14.7. The molecule has 240 valence electrons. The molecule has 2 nitrogen and oxygen atoms in total. The smallest absolute Gasteiger partial charge is 0.422 e. The van der Waals surface area contributed by atoms with Gasteiger partial charge in [0.15, 0.2) is 11.6 Å². The highest BCUT2D eigenvalue weighted by atomic mass is 19.4. The molecule has 0 heterocycles. The van der Waals surface area contributed by atoms with Crippen LogP contribution in [0.5, 0.6) is 11.5 Å². The minimum Gasteiger partial charge on any atom is -0.492 e. The van der Waals surface area contributed by atoms with Crippen molar-refractivity contribution in [1.82, 2.24) is 0 Å². The van der Waals surface area contributed by atoms with E-state index in [1.807, 2.05) is 0 Å². The zero-order valence-corrected chi connectivity index (χ0v) is 26.5. The molecule has 3 fully saturated rings. The molecule has 0 radical (unpaired) electrons. The van der Waals surface area contributed by atoms with E-state index in [9.17, 15) is 17.6 Å². The molecule has 6 heteroatoms. The van der Waals surface area contributed by atoms with E-state index in [0.29, 0.717) is 0 Å². The Morgan fingerprint density at radius 1 is 0.690 bits per heavy atom. The first-order valence-corrected chi connectivity index (χ1v) is 17.3. The van der Waals surface area contributed by atoms with Gasteiger partial charge in [0.25, 0.3) is 0 Å². The lowest BCUT2D eigenvalue weighted by molar-refractivity contribution is -0.141. The summed E-state index contributed by atoms with van der Waals surface area (Å²) in [5.74, 6) is 2.51. The molecule has 1 aromatic rings. The summed E-state index contributed by atoms with van der Waals surface area (Å²) in [7, 11) is 0. The molecule has 0 saturated heterocycles. The Hall–Kier alpha value is -1.46. The molecule has 4 rings (SSSR count). The van der Waals surface area contributed by atoms with E-state index in [0.717, 1.165) is 55.3 Å². The number of benzene rings is 1. The average molecular weight is 597 g/mol. The van der Waals surface area contributed by atoms with Crippen LogP contribution < -0.4 is 9.47 Å². The highest BCUT2D eigenvalue weighted by Crippen LogP contribution is 2.46. The summed E-state index contributed by atoms with van der Waals surface area (Å²) in [5, 5.41) is 0. The number of halogens is 4. The van der Waals surface area contributed by atoms with Crippen LogP contribution in [-0.2, 0) is 6.18 Å². The molecule has 42 heavy (non-hydrogen) atoms. The molecule has 0 amide bonds. The van der Waals surface area contributed by atoms with Gasteiger partial charge in [0.2, 0.25) is 0 Å². The Labute approximate surface area is 252 Å². The Kier molecular flexibility index (Phi) is 12.8. The predicted molar refractivity (Wildman–Crippen MR) is 163 cm³/mol. The Balaban J connectivity index is 1.16. The first-order valence-electron chi connectivity index (χ1n) is 17.3. The van der Waals surface area contributed by atoms with Gasteiger partial charge in [-0.15, -0.1) is 0 Å². The number of aryl methyl sites for hydroxylation is 1. The van der Waals surface area contributed by atoms with Crippen molar-refractivity contribution in [3.8, 4) is 11.5 Å². The SMILES string of the molecule is CCCCCC1CCC(CCC2CCC(C3CCC(COc4c(C)cc(OCC)c(F)c4C(F)(F)F)CC3)CC2)CC1. The van der Waals surface area contributed by atoms with Crippen LogP contribution >= 0.6 is 0 Å². The lowest BCUT2D eigenvalue weighted by Gasteiger charge is -2.38. The molecule has 0 atom stereocenters. The third kappa shape index (κ3) is 9.27. The minimum atomic E-state index is -4.85. The fourth-order valence-corrected chi connectivity index (χ4v) is 8.38. The normalized spacial score (nSPS) is 28.9. The summed E-state index contributed by atoms with van der Waals surface area (Å²) in [6.45, 7) is 5.75. The summed E-state index contributed by atoms with van der Waals surface area (Å²) in [5.41, 5.74) is -1.08. The third-order valence-electron chi connectivity index (χ3n) is 11.0. The number of hydrogen-bond donors (Lipinski definition) is 0. The van der Waals surface area contributed by atoms with E-state index in [4.69, 9.17) is 9.47 Å². The Bertz CT molecular complexity index is 937. The second-order valence-electron chi connectivity index (χ2n) is 14.0. The summed E-state index contributed by atoms with van der Waals surface area (Å²) in [4.78, 5) is 0. The standard InChI is InChI=1S/C36H56F4O2/c1-4-6-7-8-26-9-11-27(12-10-26)13-14-28-15-19-30(20-16-28)31-21-17-29(18-22-31)24-42-35-25(3)23-32(41-5-2)34(37)33(35)36(38,39)40/h23,26-31H,4-22,24H2,1-3H3. The molecule has 0 spiro atoms. The van der Waals surface area contributed by atoms with E-state index in [1.165, 1.54) is 103 Å². The van der Waals surface area contributed by atoms with E-state index in [-0.39, 0.29) is 36.2 Å². The first-order chi connectivity index (χ1) is 20.2. The van der Waals surface area contributed by atoms with Gasteiger partial charge in [-0.25, -0.2) is 4.39 Å². The van der Waals surface area contributed by atoms with E-state index in [1.54, 1.807) is 6.92 Å². The lowest BCUT2D eigenvalue weighted by atomic mass is 9.68. The summed E-state index contributed by atoms with van der Waals surface area (Å²) >= 11 is 0. The molecule has 3 saturated carbocycles. The fraction of sp³-hybridized carbons (Fsp3) is 0.833. The molecule has 3 aliphatic rings. The van der Waals surface area contributed by atoms with Gasteiger partial charge in [0.05, 0.1) is 13.2 Å². The summed E-state index contributed by atoms with van der Waals surface area (Å²) in [6.07, 6.45) is 19.2. The van der Waals surface area contributed by atoms with Crippen LogP contribution in [0.1, 0.15) is 141 Å². The topological polar surface area (TPSA) is 18.5 Å². The summed E-state index contributed by atoms with van der Waals surface area (Å²) in [6, 6.07) is 1.32. The monoisotopic (exact) mass is 596 g/mol. The molecule has 0 bridgehead atoms. The average Bonchev–Trinajstić information content (AvgIpc) is 2.98. The molecule has 0 N–H and O–H groups in total. The maximum Gasteiger partial charge on any atom is 0.422 e. The lowest BCUT2D eigenvalue weighted by Crippen LogP contribution is -2.28. The number of rotatable bonds is 13. The molecular weight excluding hydrogens is 540 g/mol. The molecule has 3 aliphatic carbocycles. The highest BCUT2D eigenvalue weighted by Gasteiger charge is 2.41. The van der Waals surface area contributed by atoms with Crippen LogP contribution in [0.4, 0.5) is 17.6 Å². The van der Waals surface area contributed by atoms with Gasteiger partial charge < -0.3 is 9.47 Å². The zero-order valence-electron chi connectivity index (χ0n) is 26.5. The van der Waals surface area contributed by atoms with Crippen molar-refractivity contribution in [3.05, 3.63) is 23.0 Å². The van der Waals surface area contributed by atoms with Crippen molar-refractivity contribution < 1.29 is 27.0 Å². The molecule has 1 aromatic carbocycles. The Morgan fingerprint density at radius 2 is 1.19 bits per heavy atom. The summed E-state index contributed by atoms with van der Waals surface area (Å²) < 4.78 is 66.9. The fourth-order valence-electron chi connectivity index (χ4n) is 8.38. The van der Waals surface area contributed by atoms with Gasteiger partial charge in [-0.1, -0.05) is 84.0 Å². The van der Waals surface area contributed by atoms with Gasteiger partial charge in [-0.05, 0) is 99.5 Å². The Morgan fingerprint density at radius 3 is 1.69 bits per heavy atom. The van der Waals surface area contributed by atoms with Crippen LogP contribution in [0, 0.1) is 48.2 Å². The number of hydrogen-bond acceptors (Lipinski definition) is 2. The van der Waals surface area contributed by atoms with Gasteiger partial charge in [-0.2, -0.15) is 13.2 Å². The van der Waals surface area contributed by atoms with Crippen molar-refractivity contribution in [3.63, 3.8) is 0 Å². The first kappa shape index (κ1) is 33.4. The van der Waals surface area contributed by atoms with Crippen molar-refractivity contribution in [2.75, 3.05) is 13.2 Å². The van der Waals surface area contributed by atoms with Gasteiger partial charge >= 0.3 is 6.18 Å². The predicted octanol–water partition coefficient (Wildman–Crippen LogP) is 11.7. The van der Waals surface area contributed by atoms with Crippen molar-refractivity contribution in [2.45, 2.75) is 143 Å². The van der Waals surface area contributed by atoms with E-state index >= 15 is 0 Å². The molecule has 0 aromatic heterocycles. The molecular formula is C36H56F4O2. The van der Waals surface area contributed by atoms with Crippen molar-refractivity contribution >= 4 is 0 Å². The van der Waals surface area contributed by atoms with Crippen LogP contribution in [0.2, 0.25) is 0 Å².